The molecule has 0 bridgehead atoms. The molecule has 0 unspecified atom stereocenters. The van der Waals surface area contributed by atoms with Crippen LogP contribution in [0.3, 0.4) is 0 Å². The van der Waals surface area contributed by atoms with Gasteiger partial charge >= 0.3 is 0 Å². The first-order valence-corrected chi connectivity index (χ1v) is 5.83. The summed E-state index contributed by atoms with van der Waals surface area (Å²) in [5.41, 5.74) is 6.37. The van der Waals surface area contributed by atoms with Crippen LogP contribution in [0, 0.1) is 0 Å². The summed E-state index contributed by atoms with van der Waals surface area (Å²) in [6.45, 7) is 0. The number of methoxy groups -OCH3 is 1. The predicted octanol–water partition coefficient (Wildman–Crippen LogP) is -1.08. The Labute approximate surface area is 123 Å². The minimum Gasteiger partial charge on any atom is -1.00 e. The van der Waals surface area contributed by atoms with Gasteiger partial charge in [0.1, 0.15) is 5.75 Å². The molecule has 4 nitrogen and oxygen atoms in total. The fraction of sp³-hybridized carbons (Fsp3) is 0.0667. The highest BCUT2D eigenvalue weighted by Gasteiger charge is 2.03. The van der Waals surface area contributed by atoms with Crippen LogP contribution in [-0.2, 0) is 0 Å². The molecule has 0 saturated heterocycles. The summed E-state index contributed by atoms with van der Waals surface area (Å²) in [7, 11) is 1.59. The maximum absolute atomic E-state index is 11.9. The first kappa shape index (κ1) is 15.7. The summed E-state index contributed by atoms with van der Waals surface area (Å²) < 4.78 is 6.73. The Morgan fingerprint density at radius 1 is 1.20 bits per heavy atom. The van der Waals surface area contributed by atoms with Crippen molar-refractivity contribution in [3.63, 3.8) is 0 Å². The van der Waals surface area contributed by atoms with Crippen LogP contribution in [0.1, 0.15) is 10.4 Å². The van der Waals surface area contributed by atoms with Crippen LogP contribution in [0.2, 0.25) is 0 Å². The number of halogens is 1. The van der Waals surface area contributed by atoms with Crippen molar-refractivity contribution in [3.05, 3.63) is 60.3 Å². The average Bonchev–Trinajstić information content (AvgIpc) is 2.46. The van der Waals surface area contributed by atoms with E-state index in [1.54, 1.807) is 54.4 Å². The Hall–Kier alpha value is -2.33. The predicted molar refractivity (Wildman–Crippen MR) is 73.7 cm³/mol. The van der Waals surface area contributed by atoms with Gasteiger partial charge in [-0.2, -0.15) is 0 Å². The molecule has 104 valence electrons. The number of hydrogen-bond donors (Lipinski definition) is 1. The number of ether oxygens (including phenoxy) is 1. The number of allylic oxidation sites excluding steroid dienone is 1. The minimum atomic E-state index is -0.0848. The number of nitrogens with two attached hydrogens (primary N) is 1. The molecule has 0 atom stereocenters. The Morgan fingerprint density at radius 2 is 1.90 bits per heavy atom. The van der Waals surface area contributed by atoms with E-state index in [0.717, 1.165) is 5.75 Å². The van der Waals surface area contributed by atoms with Gasteiger partial charge in [0.05, 0.1) is 19.5 Å². The highest BCUT2D eigenvalue weighted by atomic mass is 35.5. The fourth-order valence-electron chi connectivity index (χ4n) is 1.60. The van der Waals surface area contributed by atoms with Gasteiger partial charge in [-0.3, -0.25) is 10.5 Å². The van der Waals surface area contributed by atoms with E-state index in [9.17, 15) is 4.79 Å². The second-order valence-corrected chi connectivity index (χ2v) is 3.94. The number of pyridine rings is 1. The molecule has 2 aromatic rings. The molecule has 1 aromatic carbocycles. The van der Waals surface area contributed by atoms with Gasteiger partial charge in [0.25, 0.3) is 5.82 Å². The lowest BCUT2D eigenvalue weighted by molar-refractivity contribution is -0.552. The number of aromatic nitrogens is 1. The number of rotatable bonds is 4. The van der Waals surface area contributed by atoms with Crippen molar-refractivity contribution < 1.29 is 26.5 Å². The van der Waals surface area contributed by atoms with Gasteiger partial charge < -0.3 is 17.1 Å². The minimum absolute atomic E-state index is 0. The average molecular weight is 291 g/mol. The molecule has 0 saturated carbocycles. The monoisotopic (exact) mass is 290 g/mol. The van der Waals surface area contributed by atoms with Crippen LogP contribution in [0.5, 0.6) is 5.75 Å². The van der Waals surface area contributed by atoms with Crippen molar-refractivity contribution in [2.45, 2.75) is 0 Å². The molecule has 1 aromatic heterocycles. The number of nitrogen functional groups attached to an aromatic ring is 1. The lowest BCUT2D eigenvalue weighted by Crippen LogP contribution is -3.00. The van der Waals surface area contributed by atoms with E-state index in [4.69, 9.17) is 10.5 Å². The van der Waals surface area contributed by atoms with E-state index < -0.39 is 0 Å². The van der Waals surface area contributed by atoms with Crippen LogP contribution in [0.4, 0.5) is 5.82 Å². The second kappa shape index (κ2) is 7.31. The van der Waals surface area contributed by atoms with Crippen LogP contribution >= 0.6 is 0 Å². The first-order valence-electron chi connectivity index (χ1n) is 5.83. The maximum atomic E-state index is 11.9. The Bertz CT molecular complexity index is 610. The van der Waals surface area contributed by atoms with Crippen molar-refractivity contribution in [2.75, 3.05) is 12.8 Å². The largest absolute Gasteiger partial charge is 1.00 e. The van der Waals surface area contributed by atoms with E-state index in [1.165, 1.54) is 6.08 Å². The number of hydrogen-bond acceptors (Lipinski definition) is 3. The van der Waals surface area contributed by atoms with Gasteiger partial charge in [-0.1, -0.05) is 6.07 Å². The molecular formula is C15H15ClN2O2. The molecule has 2 N–H and O–H groups in total. The number of carbonyl (C=O) groups excluding carboxylic acids is 1. The van der Waals surface area contributed by atoms with Crippen LogP contribution < -0.4 is 27.4 Å². The standard InChI is InChI=1S/C15H14N2O2.ClH/c1-19-13-7-5-12(6-8-13)14(18)9-11-17-10-3-2-4-15(17)16;/h2-11,16H,1H3;1H/b11-9+;. The quantitative estimate of drug-likeness (QED) is 0.443. The zero-order valence-corrected chi connectivity index (χ0v) is 11.7. The molecule has 1 heterocycles. The zero-order valence-electron chi connectivity index (χ0n) is 11.0. The topological polar surface area (TPSA) is 56.2 Å². The molecule has 0 radical (unpaired) electrons. The molecule has 0 aliphatic rings. The van der Waals surface area contributed by atoms with Gasteiger partial charge in [-0.15, -0.1) is 0 Å². The number of benzene rings is 1. The first-order chi connectivity index (χ1) is 9.20. The van der Waals surface area contributed by atoms with E-state index in [2.05, 4.69) is 0 Å². The molecular weight excluding hydrogens is 276 g/mol. The maximum Gasteiger partial charge on any atom is 0.276 e. The van der Waals surface area contributed by atoms with Crippen molar-refractivity contribution >= 4 is 17.8 Å². The Morgan fingerprint density at radius 3 is 2.50 bits per heavy atom. The molecule has 2 rings (SSSR count). The molecule has 0 fully saturated rings. The van der Waals surface area contributed by atoms with Gasteiger partial charge in [-0.05, 0) is 30.3 Å². The van der Waals surface area contributed by atoms with E-state index in [-0.39, 0.29) is 18.2 Å². The number of carbonyl (C=O) groups is 1. The van der Waals surface area contributed by atoms with E-state index >= 15 is 0 Å². The third kappa shape index (κ3) is 3.83. The molecule has 0 spiro atoms. The summed E-state index contributed by atoms with van der Waals surface area (Å²) in [5.74, 6) is 1.21. The molecule has 20 heavy (non-hydrogen) atoms. The number of anilines is 1. The number of ketones is 1. The van der Waals surface area contributed by atoms with E-state index in [0.29, 0.717) is 11.4 Å². The zero-order chi connectivity index (χ0) is 13.7. The van der Waals surface area contributed by atoms with Crippen molar-refractivity contribution in [1.29, 1.82) is 0 Å². The Balaban J connectivity index is 0.00000200. The lowest BCUT2D eigenvalue weighted by atomic mass is 10.1. The normalized spacial score (nSPS) is 10.1. The summed E-state index contributed by atoms with van der Waals surface area (Å²) in [5, 5.41) is 0. The van der Waals surface area contributed by atoms with Crippen molar-refractivity contribution in [1.82, 2.24) is 0 Å². The summed E-state index contributed by atoms with van der Waals surface area (Å²) in [6.07, 6.45) is 4.91. The summed E-state index contributed by atoms with van der Waals surface area (Å²) in [4.78, 5) is 11.9. The molecule has 0 amide bonds. The molecule has 0 aliphatic carbocycles. The number of nitrogens with zero attached hydrogens (tertiary/aromatic N) is 1. The van der Waals surface area contributed by atoms with Gasteiger partial charge in [0.2, 0.25) is 0 Å². The lowest BCUT2D eigenvalue weighted by Gasteiger charge is -2.00. The van der Waals surface area contributed by atoms with Gasteiger partial charge in [0.15, 0.2) is 5.78 Å². The van der Waals surface area contributed by atoms with Crippen molar-refractivity contribution in [2.24, 2.45) is 0 Å². The van der Waals surface area contributed by atoms with Crippen LogP contribution in [-0.4, -0.2) is 12.9 Å². The van der Waals surface area contributed by atoms with Gasteiger partial charge in [0, 0.05) is 17.7 Å². The Kier molecular flexibility index (Phi) is 5.74. The van der Waals surface area contributed by atoms with Crippen molar-refractivity contribution in [3.8, 4) is 5.75 Å². The second-order valence-electron chi connectivity index (χ2n) is 3.94. The smallest absolute Gasteiger partial charge is 0.276 e. The third-order valence-electron chi connectivity index (χ3n) is 2.68. The SMILES string of the molecule is COc1ccc(C(=O)/C=C/[n+]2ccccc2N)cc1.[Cl-]. The molecule has 5 heteroatoms. The summed E-state index contributed by atoms with van der Waals surface area (Å²) in [6, 6.07) is 12.4. The third-order valence-corrected chi connectivity index (χ3v) is 2.68. The highest BCUT2D eigenvalue weighted by Crippen LogP contribution is 2.11. The van der Waals surface area contributed by atoms with E-state index in [1.807, 2.05) is 12.1 Å². The molecule has 0 aliphatic heterocycles. The fourth-order valence-corrected chi connectivity index (χ4v) is 1.60. The highest BCUT2D eigenvalue weighted by molar-refractivity contribution is 6.05. The summed E-state index contributed by atoms with van der Waals surface area (Å²) >= 11 is 0. The van der Waals surface area contributed by atoms with Crippen LogP contribution in [0.15, 0.2) is 54.7 Å². The van der Waals surface area contributed by atoms with Gasteiger partial charge in [-0.25, -0.2) is 4.57 Å². The van der Waals surface area contributed by atoms with Crippen LogP contribution in [0.25, 0.3) is 6.20 Å².